The summed E-state index contributed by atoms with van der Waals surface area (Å²) in [5.41, 5.74) is 7.65. The highest BCUT2D eigenvalue weighted by Gasteiger charge is 2.23. The van der Waals surface area contributed by atoms with Crippen molar-refractivity contribution in [3.63, 3.8) is 0 Å². The molecule has 0 spiro atoms. The number of nitrogens with two attached hydrogens (primary N) is 1. The molecular weight excluding hydrogens is 388 g/mol. The Morgan fingerprint density at radius 3 is 2.62 bits per heavy atom. The minimum Gasteiger partial charge on any atom is -0.490 e. The Kier molecular flexibility index (Phi) is 7.78. The van der Waals surface area contributed by atoms with Gasteiger partial charge < -0.3 is 15.2 Å². The van der Waals surface area contributed by atoms with Gasteiger partial charge in [-0.1, -0.05) is 42.6 Å². The monoisotopic (exact) mass is 416 g/mol. The first kappa shape index (κ1) is 21.5. The Balaban J connectivity index is 1.80. The van der Waals surface area contributed by atoms with Crippen molar-refractivity contribution in [3.05, 3.63) is 58.6 Å². The van der Waals surface area contributed by atoms with Crippen LogP contribution in [0.15, 0.2) is 42.5 Å². The molecule has 156 valence electrons. The number of ether oxygens (including phenoxy) is 2. The molecule has 1 heterocycles. The zero-order valence-corrected chi connectivity index (χ0v) is 17.7. The lowest BCUT2D eigenvalue weighted by Crippen LogP contribution is -2.28. The quantitative estimate of drug-likeness (QED) is 0.676. The number of hydrogen-bond acceptors (Lipinski definition) is 4. The van der Waals surface area contributed by atoms with Crippen LogP contribution in [0.4, 0.5) is 0 Å². The van der Waals surface area contributed by atoms with Gasteiger partial charge in [-0.2, -0.15) is 0 Å². The van der Waals surface area contributed by atoms with E-state index in [4.69, 9.17) is 26.8 Å². The zero-order chi connectivity index (χ0) is 20.6. The maximum Gasteiger partial charge on any atom is 0.255 e. The highest BCUT2D eigenvalue weighted by atomic mass is 35.5. The lowest BCUT2D eigenvalue weighted by molar-refractivity contribution is -0.119. The third kappa shape index (κ3) is 6.12. The van der Waals surface area contributed by atoms with Crippen LogP contribution in [0.25, 0.3) is 0 Å². The maximum absolute atomic E-state index is 11.0. The molecule has 3 rings (SSSR count). The summed E-state index contributed by atoms with van der Waals surface area (Å²) in [4.78, 5) is 13.6. The number of likely N-dealkylation sites (tertiary alicyclic amines) is 1. The molecule has 0 unspecified atom stereocenters. The summed E-state index contributed by atoms with van der Waals surface area (Å²) < 4.78 is 11.2. The van der Waals surface area contributed by atoms with Gasteiger partial charge >= 0.3 is 0 Å². The van der Waals surface area contributed by atoms with E-state index >= 15 is 0 Å². The number of benzene rings is 2. The maximum atomic E-state index is 11.0. The van der Waals surface area contributed by atoms with Gasteiger partial charge in [0, 0.05) is 17.6 Å². The number of carbonyl (C=O) groups excluding carboxylic acids is 1. The van der Waals surface area contributed by atoms with Crippen molar-refractivity contribution in [2.45, 2.75) is 45.2 Å². The second-order valence-electron chi connectivity index (χ2n) is 7.36. The molecule has 0 aliphatic carbocycles. The summed E-state index contributed by atoms with van der Waals surface area (Å²) in [7, 11) is 0. The van der Waals surface area contributed by atoms with Gasteiger partial charge in [0.05, 0.1) is 6.61 Å². The first-order valence-corrected chi connectivity index (χ1v) is 10.6. The molecule has 1 saturated heterocycles. The molecule has 0 radical (unpaired) electrons. The van der Waals surface area contributed by atoms with Crippen LogP contribution in [-0.4, -0.2) is 30.6 Å². The number of rotatable bonds is 8. The molecule has 6 heteroatoms. The summed E-state index contributed by atoms with van der Waals surface area (Å²) in [6.45, 7) is 4.16. The summed E-state index contributed by atoms with van der Waals surface area (Å²) in [6.07, 6.45) is 4.82. The Morgan fingerprint density at radius 2 is 1.90 bits per heavy atom. The number of hydrogen-bond donors (Lipinski definition) is 1. The number of amides is 1. The van der Waals surface area contributed by atoms with E-state index in [9.17, 15) is 4.79 Å². The van der Waals surface area contributed by atoms with Gasteiger partial charge in [-0.3, -0.25) is 9.69 Å². The highest BCUT2D eigenvalue weighted by molar-refractivity contribution is 6.30. The SMILES string of the molecule is CCOc1cc(CN2CCCCC[C@@H]2c2ccc(Cl)cc2)ccc1OCC(N)=O. The highest BCUT2D eigenvalue weighted by Crippen LogP contribution is 2.34. The third-order valence-electron chi connectivity index (χ3n) is 5.18. The molecule has 29 heavy (non-hydrogen) atoms. The van der Waals surface area contributed by atoms with E-state index in [0.29, 0.717) is 24.1 Å². The molecule has 1 aliphatic rings. The first-order chi connectivity index (χ1) is 14.1. The summed E-state index contributed by atoms with van der Waals surface area (Å²) in [5.74, 6) is 0.676. The van der Waals surface area contributed by atoms with Crippen LogP contribution >= 0.6 is 11.6 Å². The van der Waals surface area contributed by atoms with Crippen LogP contribution in [-0.2, 0) is 11.3 Å². The average molecular weight is 417 g/mol. The van der Waals surface area contributed by atoms with Gasteiger partial charge in [-0.25, -0.2) is 0 Å². The largest absolute Gasteiger partial charge is 0.490 e. The fraction of sp³-hybridized carbons (Fsp3) is 0.435. The molecule has 1 aliphatic heterocycles. The summed E-state index contributed by atoms with van der Waals surface area (Å²) in [6, 6.07) is 14.5. The molecule has 0 bridgehead atoms. The van der Waals surface area contributed by atoms with E-state index in [1.807, 2.05) is 37.3 Å². The van der Waals surface area contributed by atoms with E-state index in [0.717, 1.165) is 30.1 Å². The second kappa shape index (κ2) is 10.5. The number of carbonyl (C=O) groups is 1. The molecule has 1 amide bonds. The normalized spacial score (nSPS) is 17.5. The van der Waals surface area contributed by atoms with Crippen molar-refractivity contribution in [2.75, 3.05) is 19.8 Å². The van der Waals surface area contributed by atoms with Gasteiger partial charge in [0.2, 0.25) is 0 Å². The molecule has 1 fully saturated rings. The molecule has 0 saturated carbocycles. The standard InChI is InChI=1S/C23H29ClN2O3/c1-2-28-22-14-17(7-12-21(22)29-16-23(25)27)15-26-13-5-3-4-6-20(26)18-8-10-19(24)11-9-18/h7-12,14,20H,2-6,13,15-16H2,1H3,(H2,25,27)/t20-/m1/s1. The minimum atomic E-state index is -0.508. The number of halogens is 1. The topological polar surface area (TPSA) is 64.8 Å². The predicted molar refractivity (Wildman–Crippen MR) is 115 cm³/mol. The van der Waals surface area contributed by atoms with Crippen LogP contribution < -0.4 is 15.2 Å². The molecular formula is C23H29ClN2O3. The fourth-order valence-corrected chi connectivity index (χ4v) is 3.97. The Hall–Kier alpha value is -2.24. The Morgan fingerprint density at radius 1 is 1.10 bits per heavy atom. The van der Waals surface area contributed by atoms with Gasteiger partial charge in [-0.15, -0.1) is 0 Å². The van der Waals surface area contributed by atoms with E-state index in [-0.39, 0.29) is 6.61 Å². The first-order valence-electron chi connectivity index (χ1n) is 10.2. The summed E-state index contributed by atoms with van der Waals surface area (Å²) >= 11 is 6.09. The van der Waals surface area contributed by atoms with Crippen LogP contribution in [0.1, 0.15) is 49.8 Å². The third-order valence-corrected chi connectivity index (χ3v) is 5.43. The van der Waals surface area contributed by atoms with Crippen molar-refractivity contribution in [3.8, 4) is 11.5 Å². The molecule has 2 N–H and O–H groups in total. The predicted octanol–water partition coefficient (Wildman–Crippen LogP) is 4.72. The fourth-order valence-electron chi connectivity index (χ4n) is 3.84. The van der Waals surface area contributed by atoms with Crippen LogP contribution in [0, 0.1) is 0 Å². The average Bonchev–Trinajstić information content (AvgIpc) is 2.94. The lowest BCUT2D eigenvalue weighted by Gasteiger charge is -2.30. The van der Waals surface area contributed by atoms with Crippen molar-refractivity contribution >= 4 is 17.5 Å². The van der Waals surface area contributed by atoms with Crippen LogP contribution in [0.3, 0.4) is 0 Å². The number of nitrogens with zero attached hydrogens (tertiary/aromatic N) is 1. The molecule has 1 atom stereocenters. The Labute approximate surface area is 177 Å². The zero-order valence-electron chi connectivity index (χ0n) is 16.9. The van der Waals surface area contributed by atoms with E-state index in [2.05, 4.69) is 17.0 Å². The molecule has 0 aromatic heterocycles. The van der Waals surface area contributed by atoms with Crippen LogP contribution in [0.5, 0.6) is 11.5 Å². The molecule has 2 aromatic rings. The second-order valence-corrected chi connectivity index (χ2v) is 7.79. The van der Waals surface area contributed by atoms with Gasteiger partial charge in [0.1, 0.15) is 0 Å². The van der Waals surface area contributed by atoms with Crippen molar-refractivity contribution in [2.24, 2.45) is 5.73 Å². The smallest absolute Gasteiger partial charge is 0.255 e. The summed E-state index contributed by atoms with van der Waals surface area (Å²) in [5, 5.41) is 0.766. The van der Waals surface area contributed by atoms with E-state index in [1.54, 1.807) is 0 Å². The lowest BCUT2D eigenvalue weighted by atomic mass is 10.0. The Bertz CT molecular complexity index is 810. The van der Waals surface area contributed by atoms with Gasteiger partial charge in [0.15, 0.2) is 18.1 Å². The van der Waals surface area contributed by atoms with Crippen LogP contribution in [0.2, 0.25) is 5.02 Å². The van der Waals surface area contributed by atoms with Crippen molar-refractivity contribution in [1.82, 2.24) is 4.90 Å². The molecule has 5 nitrogen and oxygen atoms in total. The van der Waals surface area contributed by atoms with Crippen molar-refractivity contribution in [1.29, 1.82) is 0 Å². The van der Waals surface area contributed by atoms with Gasteiger partial charge in [-0.05, 0) is 61.7 Å². The number of primary amides is 1. The molecule has 2 aromatic carbocycles. The minimum absolute atomic E-state index is 0.163. The van der Waals surface area contributed by atoms with Crippen molar-refractivity contribution < 1.29 is 14.3 Å². The van der Waals surface area contributed by atoms with E-state index in [1.165, 1.54) is 24.8 Å². The van der Waals surface area contributed by atoms with Gasteiger partial charge in [0.25, 0.3) is 5.91 Å². The van der Waals surface area contributed by atoms with E-state index < -0.39 is 5.91 Å².